The molecule has 1 heterocycles. The lowest BCUT2D eigenvalue weighted by Gasteiger charge is -2.10. The van der Waals surface area contributed by atoms with Crippen molar-refractivity contribution in [2.75, 3.05) is 0 Å². The fourth-order valence-corrected chi connectivity index (χ4v) is 3.99. The number of imidazole rings is 1. The summed E-state index contributed by atoms with van der Waals surface area (Å²) < 4.78 is 2.06. The third-order valence-electron chi connectivity index (χ3n) is 3.11. The van der Waals surface area contributed by atoms with Crippen molar-refractivity contribution in [3.05, 3.63) is 39.8 Å². The van der Waals surface area contributed by atoms with E-state index >= 15 is 0 Å². The van der Waals surface area contributed by atoms with Gasteiger partial charge in [-0.3, -0.25) is 0 Å². The smallest absolute Gasteiger partial charge is 0.126 e. The highest BCUT2D eigenvalue weighted by Gasteiger charge is 2.20. The Bertz CT molecular complexity index is 630. The molecule has 0 aliphatic carbocycles. The second-order valence-corrected chi connectivity index (χ2v) is 7.31. The summed E-state index contributed by atoms with van der Waals surface area (Å²) in [6, 6.07) is 5.43. The van der Waals surface area contributed by atoms with Gasteiger partial charge in [-0.1, -0.05) is 48.8 Å². The van der Waals surface area contributed by atoms with Gasteiger partial charge in [-0.15, -0.1) is 0 Å². The van der Waals surface area contributed by atoms with E-state index in [9.17, 15) is 0 Å². The predicted octanol–water partition coefficient (Wildman–Crippen LogP) is 5.02. The summed E-state index contributed by atoms with van der Waals surface area (Å²) in [6.07, 6.45) is 0. The SMILES string of the molecule is CC(C)c1nc(C(C)N)n(C)c1Sc1cc(Cl)cc(Cl)c1. The molecule has 1 aromatic carbocycles. The van der Waals surface area contributed by atoms with Crippen molar-refractivity contribution in [2.45, 2.75) is 42.7 Å². The van der Waals surface area contributed by atoms with E-state index in [1.54, 1.807) is 17.8 Å². The van der Waals surface area contributed by atoms with Gasteiger partial charge in [-0.05, 0) is 31.0 Å². The minimum Gasteiger partial charge on any atom is -0.325 e. The molecule has 6 heteroatoms. The minimum atomic E-state index is -0.107. The molecule has 0 aliphatic heterocycles. The molecule has 0 saturated heterocycles. The maximum atomic E-state index is 6.07. The predicted molar refractivity (Wildman–Crippen MR) is 90.5 cm³/mol. The monoisotopic (exact) mass is 343 g/mol. The van der Waals surface area contributed by atoms with Gasteiger partial charge in [0.1, 0.15) is 10.9 Å². The van der Waals surface area contributed by atoms with Crippen LogP contribution in [0.3, 0.4) is 0 Å². The van der Waals surface area contributed by atoms with Crippen LogP contribution < -0.4 is 5.73 Å². The maximum absolute atomic E-state index is 6.07. The lowest BCUT2D eigenvalue weighted by molar-refractivity contribution is 0.661. The third-order valence-corrected chi connectivity index (χ3v) is 4.69. The molecular weight excluding hydrogens is 325 g/mol. The second kappa shape index (κ2) is 6.61. The van der Waals surface area contributed by atoms with Crippen molar-refractivity contribution in [1.29, 1.82) is 0 Å². The van der Waals surface area contributed by atoms with E-state index in [0.29, 0.717) is 16.0 Å². The Morgan fingerprint density at radius 3 is 2.19 bits per heavy atom. The second-order valence-electron chi connectivity index (χ2n) is 5.37. The van der Waals surface area contributed by atoms with Gasteiger partial charge in [-0.2, -0.15) is 0 Å². The first-order valence-electron chi connectivity index (χ1n) is 6.75. The van der Waals surface area contributed by atoms with E-state index in [1.807, 2.05) is 26.1 Å². The van der Waals surface area contributed by atoms with Crippen molar-refractivity contribution in [1.82, 2.24) is 9.55 Å². The van der Waals surface area contributed by atoms with Crippen LogP contribution in [0.2, 0.25) is 10.0 Å². The van der Waals surface area contributed by atoms with Crippen molar-refractivity contribution < 1.29 is 0 Å². The molecule has 21 heavy (non-hydrogen) atoms. The highest BCUT2D eigenvalue weighted by atomic mass is 35.5. The zero-order chi connectivity index (χ0) is 15.7. The standard InChI is InChI=1S/C15H19Cl2N3S/c1-8(2)13-15(20(4)14(19-13)9(3)18)21-12-6-10(16)5-11(17)7-12/h5-9H,18H2,1-4H3. The van der Waals surface area contributed by atoms with Gasteiger partial charge in [0.2, 0.25) is 0 Å². The van der Waals surface area contributed by atoms with Crippen LogP contribution >= 0.6 is 35.0 Å². The van der Waals surface area contributed by atoms with E-state index in [-0.39, 0.29) is 6.04 Å². The van der Waals surface area contributed by atoms with E-state index in [2.05, 4.69) is 18.4 Å². The number of nitrogens with zero attached hydrogens (tertiary/aromatic N) is 2. The summed E-state index contributed by atoms with van der Waals surface area (Å²) in [5.74, 6) is 1.20. The summed E-state index contributed by atoms with van der Waals surface area (Å²) in [7, 11) is 1.99. The maximum Gasteiger partial charge on any atom is 0.126 e. The molecule has 2 N–H and O–H groups in total. The molecule has 0 aliphatic rings. The van der Waals surface area contributed by atoms with Gasteiger partial charge < -0.3 is 10.3 Å². The van der Waals surface area contributed by atoms with Gasteiger partial charge in [0.05, 0.1) is 11.7 Å². The number of halogens is 2. The highest BCUT2D eigenvalue weighted by Crippen LogP contribution is 2.37. The van der Waals surface area contributed by atoms with Crippen molar-refractivity contribution in [3.63, 3.8) is 0 Å². The van der Waals surface area contributed by atoms with Gasteiger partial charge in [0, 0.05) is 22.0 Å². The molecule has 0 radical (unpaired) electrons. The topological polar surface area (TPSA) is 43.8 Å². The molecule has 3 nitrogen and oxygen atoms in total. The van der Waals surface area contributed by atoms with E-state index in [4.69, 9.17) is 33.9 Å². The van der Waals surface area contributed by atoms with Gasteiger partial charge in [-0.25, -0.2) is 4.98 Å². The van der Waals surface area contributed by atoms with Crippen LogP contribution in [0.1, 0.15) is 44.2 Å². The average molecular weight is 344 g/mol. The number of benzene rings is 1. The molecule has 1 aromatic heterocycles. The first kappa shape index (κ1) is 16.7. The Balaban J connectivity index is 2.47. The summed E-state index contributed by atoms with van der Waals surface area (Å²) in [5, 5.41) is 2.34. The first-order valence-corrected chi connectivity index (χ1v) is 8.33. The highest BCUT2D eigenvalue weighted by molar-refractivity contribution is 7.99. The zero-order valence-corrected chi connectivity index (χ0v) is 14.9. The van der Waals surface area contributed by atoms with E-state index in [0.717, 1.165) is 21.4 Å². The number of nitrogens with two attached hydrogens (primary N) is 1. The van der Waals surface area contributed by atoms with Crippen LogP contribution in [0.4, 0.5) is 0 Å². The minimum absolute atomic E-state index is 0.107. The molecule has 0 spiro atoms. The van der Waals surface area contributed by atoms with Gasteiger partial charge in [0.25, 0.3) is 0 Å². The summed E-state index contributed by atoms with van der Waals surface area (Å²) >= 11 is 13.8. The average Bonchev–Trinajstić information content (AvgIpc) is 2.66. The molecular formula is C15H19Cl2N3S. The Morgan fingerprint density at radius 1 is 1.14 bits per heavy atom. The number of rotatable bonds is 4. The molecule has 0 fully saturated rings. The van der Waals surface area contributed by atoms with Crippen LogP contribution in [0.15, 0.2) is 28.1 Å². The van der Waals surface area contributed by atoms with E-state index in [1.165, 1.54) is 0 Å². The van der Waals surface area contributed by atoms with Gasteiger partial charge >= 0.3 is 0 Å². The third kappa shape index (κ3) is 3.75. The molecule has 1 atom stereocenters. The normalized spacial score (nSPS) is 13.0. The molecule has 0 amide bonds. The summed E-state index contributed by atoms with van der Waals surface area (Å²) in [4.78, 5) is 5.70. The van der Waals surface area contributed by atoms with Gasteiger partial charge in [0.15, 0.2) is 0 Å². The largest absolute Gasteiger partial charge is 0.325 e. The molecule has 1 unspecified atom stereocenters. The zero-order valence-electron chi connectivity index (χ0n) is 12.5. The fourth-order valence-electron chi connectivity index (χ4n) is 2.13. The number of aromatic nitrogens is 2. The fraction of sp³-hybridized carbons (Fsp3) is 0.400. The Labute approximate surface area is 139 Å². The quantitative estimate of drug-likeness (QED) is 0.847. The van der Waals surface area contributed by atoms with Crippen LogP contribution in [0.5, 0.6) is 0 Å². The summed E-state index contributed by atoms with van der Waals surface area (Å²) in [5.41, 5.74) is 7.05. The van der Waals surface area contributed by atoms with E-state index < -0.39 is 0 Å². The number of hydrogen-bond acceptors (Lipinski definition) is 3. The van der Waals surface area contributed by atoms with Crippen LogP contribution in [-0.2, 0) is 7.05 Å². The Kier molecular flexibility index (Phi) is 5.25. The van der Waals surface area contributed by atoms with Crippen LogP contribution in [0.25, 0.3) is 0 Å². The van der Waals surface area contributed by atoms with Crippen LogP contribution in [0, 0.1) is 0 Å². The summed E-state index contributed by atoms with van der Waals surface area (Å²) in [6.45, 7) is 6.20. The van der Waals surface area contributed by atoms with Crippen molar-refractivity contribution >= 4 is 35.0 Å². The molecule has 2 aromatic rings. The molecule has 0 bridgehead atoms. The Hall–Kier alpha value is -0.680. The number of hydrogen-bond donors (Lipinski definition) is 1. The molecule has 0 saturated carbocycles. The molecule has 2 rings (SSSR count). The lowest BCUT2D eigenvalue weighted by atomic mass is 10.1. The first-order chi connectivity index (χ1) is 9.79. The molecule has 114 valence electrons. The Morgan fingerprint density at radius 2 is 1.71 bits per heavy atom. The van der Waals surface area contributed by atoms with Crippen molar-refractivity contribution in [2.24, 2.45) is 12.8 Å². The lowest BCUT2D eigenvalue weighted by Crippen LogP contribution is -2.11. The van der Waals surface area contributed by atoms with Crippen LogP contribution in [-0.4, -0.2) is 9.55 Å². The van der Waals surface area contributed by atoms with Crippen molar-refractivity contribution in [3.8, 4) is 0 Å².